The topological polar surface area (TPSA) is 88.9 Å². The summed E-state index contributed by atoms with van der Waals surface area (Å²) in [6, 6.07) is 9.94. The molecule has 3 aromatic rings. The van der Waals surface area contributed by atoms with E-state index in [9.17, 15) is 9.59 Å². The molecule has 3 rings (SSSR count). The van der Waals surface area contributed by atoms with Crippen LogP contribution in [-0.2, 0) is 24.8 Å². The number of hydrogen-bond acceptors (Lipinski definition) is 5. The highest BCUT2D eigenvalue weighted by Crippen LogP contribution is 2.25. The molecule has 0 aliphatic carbocycles. The zero-order valence-corrected chi connectivity index (χ0v) is 16.9. The Labute approximate surface area is 170 Å². The molecule has 0 aliphatic heterocycles. The van der Waals surface area contributed by atoms with Gasteiger partial charge in [-0.3, -0.25) is 14.6 Å². The van der Waals surface area contributed by atoms with Crippen LogP contribution in [0.5, 0.6) is 0 Å². The first-order chi connectivity index (χ1) is 14.0. The molecular weight excluding hydrogens is 366 g/mol. The van der Waals surface area contributed by atoms with Crippen LogP contribution < -0.4 is 10.6 Å². The first kappa shape index (κ1) is 20.4. The number of carbonyl (C=O) groups excluding carboxylic acids is 2. The molecule has 0 radical (unpaired) electrons. The van der Waals surface area contributed by atoms with E-state index in [-0.39, 0.29) is 23.9 Å². The predicted octanol–water partition coefficient (Wildman–Crippen LogP) is 2.98. The van der Waals surface area contributed by atoms with Gasteiger partial charge in [0.15, 0.2) is 5.78 Å². The van der Waals surface area contributed by atoms with E-state index in [1.54, 1.807) is 18.6 Å². The van der Waals surface area contributed by atoms with Gasteiger partial charge in [-0.25, -0.2) is 4.98 Å². The normalized spacial score (nSPS) is 10.7. The van der Waals surface area contributed by atoms with Crippen LogP contribution in [0.1, 0.15) is 35.6 Å². The van der Waals surface area contributed by atoms with Crippen molar-refractivity contribution in [3.63, 3.8) is 0 Å². The molecule has 7 nitrogen and oxygen atoms in total. The maximum Gasteiger partial charge on any atom is 0.238 e. The van der Waals surface area contributed by atoms with Gasteiger partial charge >= 0.3 is 0 Å². The van der Waals surface area contributed by atoms with Crippen LogP contribution in [0.4, 0.5) is 5.69 Å². The minimum Gasteiger partial charge on any atom is -0.340 e. The van der Waals surface area contributed by atoms with E-state index in [1.807, 2.05) is 29.9 Å². The third kappa shape index (κ3) is 5.36. The third-order valence-electron chi connectivity index (χ3n) is 4.51. The van der Waals surface area contributed by atoms with Crippen LogP contribution in [0.3, 0.4) is 0 Å². The fourth-order valence-electron chi connectivity index (χ4n) is 3.03. The molecule has 0 spiro atoms. The van der Waals surface area contributed by atoms with Gasteiger partial charge in [0.2, 0.25) is 5.91 Å². The van der Waals surface area contributed by atoms with Gasteiger partial charge in [0.25, 0.3) is 0 Å². The van der Waals surface area contributed by atoms with Crippen molar-refractivity contribution >= 4 is 17.4 Å². The summed E-state index contributed by atoms with van der Waals surface area (Å²) in [6.07, 6.45) is 6.19. The Bertz CT molecular complexity index is 1030. The summed E-state index contributed by atoms with van der Waals surface area (Å²) >= 11 is 0. The molecule has 7 heteroatoms. The second-order valence-corrected chi connectivity index (χ2v) is 6.91. The Kier molecular flexibility index (Phi) is 6.51. The number of rotatable bonds is 8. The molecule has 1 amide bonds. The molecule has 0 fully saturated rings. The van der Waals surface area contributed by atoms with Gasteiger partial charge < -0.3 is 15.2 Å². The van der Waals surface area contributed by atoms with Gasteiger partial charge in [-0.05, 0) is 23.6 Å². The smallest absolute Gasteiger partial charge is 0.238 e. The molecule has 29 heavy (non-hydrogen) atoms. The largest absolute Gasteiger partial charge is 0.340 e. The fraction of sp³-hybridized carbons (Fsp3) is 0.273. The first-order valence-corrected chi connectivity index (χ1v) is 9.54. The van der Waals surface area contributed by atoms with E-state index >= 15 is 0 Å². The van der Waals surface area contributed by atoms with Crippen molar-refractivity contribution in [2.75, 3.05) is 11.9 Å². The Balaban J connectivity index is 1.73. The maximum absolute atomic E-state index is 12.4. The first-order valence-electron chi connectivity index (χ1n) is 9.54. The molecule has 0 bridgehead atoms. The number of hydrogen-bond donors (Lipinski definition) is 2. The number of benzene rings is 1. The summed E-state index contributed by atoms with van der Waals surface area (Å²) in [5.41, 5.74) is 4.57. The SMILES string of the molecule is CCc1cccc(-c2cnc(C(C)=O)c(NC(=O)CNCc3cn(C)cn3)c2)c1. The number of nitrogens with zero attached hydrogens (tertiary/aromatic N) is 3. The Morgan fingerprint density at radius 2 is 1.97 bits per heavy atom. The lowest BCUT2D eigenvalue weighted by Gasteiger charge is -2.12. The molecule has 150 valence electrons. The number of pyridine rings is 1. The van der Waals surface area contributed by atoms with E-state index in [0.29, 0.717) is 12.2 Å². The van der Waals surface area contributed by atoms with Gasteiger partial charge in [-0.2, -0.15) is 0 Å². The number of imidazole rings is 1. The monoisotopic (exact) mass is 391 g/mol. The van der Waals surface area contributed by atoms with Crippen molar-refractivity contribution in [1.82, 2.24) is 19.9 Å². The Hall–Kier alpha value is -3.32. The van der Waals surface area contributed by atoms with Crippen molar-refractivity contribution in [3.05, 3.63) is 66.0 Å². The number of aryl methyl sites for hydroxylation is 2. The standard InChI is InChI=1S/C22H25N5O2/c1-4-16-6-5-7-17(8-16)18-9-20(22(15(2)28)24-10-18)26-21(29)12-23-11-19-13-27(3)14-25-19/h5-10,13-14,23H,4,11-12H2,1-3H3,(H,26,29). The molecule has 1 aromatic carbocycles. The summed E-state index contributed by atoms with van der Waals surface area (Å²) < 4.78 is 1.85. The van der Waals surface area contributed by atoms with Gasteiger partial charge in [0.1, 0.15) is 5.69 Å². The van der Waals surface area contributed by atoms with Gasteiger partial charge in [-0.15, -0.1) is 0 Å². The quantitative estimate of drug-likeness (QED) is 0.576. The molecule has 0 saturated carbocycles. The van der Waals surface area contributed by atoms with Gasteiger partial charge in [-0.1, -0.05) is 31.2 Å². The van der Waals surface area contributed by atoms with Gasteiger partial charge in [0, 0.05) is 38.5 Å². The number of Topliss-reactive ketones (excluding diaryl/α,β-unsaturated/α-hetero) is 1. The Morgan fingerprint density at radius 3 is 2.66 bits per heavy atom. The highest BCUT2D eigenvalue weighted by atomic mass is 16.2. The predicted molar refractivity (Wildman–Crippen MR) is 113 cm³/mol. The van der Waals surface area contributed by atoms with Crippen LogP contribution in [0.2, 0.25) is 0 Å². The summed E-state index contributed by atoms with van der Waals surface area (Å²) in [5.74, 6) is -0.444. The maximum atomic E-state index is 12.4. The number of nitrogens with one attached hydrogen (secondary N) is 2. The van der Waals surface area contributed by atoms with Crippen LogP contribution in [0.15, 0.2) is 49.1 Å². The lowest BCUT2D eigenvalue weighted by molar-refractivity contribution is -0.115. The number of aromatic nitrogens is 3. The number of carbonyl (C=O) groups is 2. The van der Waals surface area contributed by atoms with Gasteiger partial charge in [0.05, 0.1) is 24.3 Å². The highest BCUT2D eigenvalue weighted by molar-refractivity contribution is 6.03. The third-order valence-corrected chi connectivity index (χ3v) is 4.51. The second-order valence-electron chi connectivity index (χ2n) is 6.91. The molecule has 2 N–H and O–H groups in total. The molecule has 2 aromatic heterocycles. The van der Waals surface area contributed by atoms with Crippen molar-refractivity contribution < 1.29 is 9.59 Å². The van der Waals surface area contributed by atoms with Crippen LogP contribution in [0.25, 0.3) is 11.1 Å². The minimum absolute atomic E-state index is 0.101. The highest BCUT2D eigenvalue weighted by Gasteiger charge is 2.14. The lowest BCUT2D eigenvalue weighted by Crippen LogP contribution is -2.28. The zero-order chi connectivity index (χ0) is 20.8. The molecule has 0 unspecified atom stereocenters. The van der Waals surface area contributed by atoms with E-state index in [0.717, 1.165) is 23.2 Å². The average molecular weight is 391 g/mol. The lowest BCUT2D eigenvalue weighted by atomic mass is 10.0. The second kappa shape index (κ2) is 9.25. The van der Waals surface area contributed by atoms with Crippen LogP contribution in [0, 0.1) is 0 Å². The number of ketones is 1. The number of anilines is 1. The molecule has 2 heterocycles. The summed E-state index contributed by atoms with van der Waals surface area (Å²) in [7, 11) is 1.89. The van der Waals surface area contributed by atoms with Crippen molar-refractivity contribution in [3.8, 4) is 11.1 Å². The zero-order valence-electron chi connectivity index (χ0n) is 16.9. The molecule has 0 atom stereocenters. The molecule has 0 saturated heterocycles. The van der Waals surface area contributed by atoms with Crippen LogP contribution in [-0.4, -0.2) is 32.8 Å². The van der Waals surface area contributed by atoms with E-state index in [1.165, 1.54) is 12.5 Å². The summed E-state index contributed by atoms with van der Waals surface area (Å²) in [4.78, 5) is 32.9. The Morgan fingerprint density at radius 1 is 1.14 bits per heavy atom. The molecular formula is C22H25N5O2. The van der Waals surface area contributed by atoms with Crippen LogP contribution >= 0.6 is 0 Å². The minimum atomic E-state index is -0.246. The fourth-order valence-corrected chi connectivity index (χ4v) is 3.03. The van der Waals surface area contributed by atoms with Crippen molar-refractivity contribution in [2.24, 2.45) is 7.05 Å². The average Bonchev–Trinajstić information content (AvgIpc) is 3.12. The summed E-state index contributed by atoms with van der Waals surface area (Å²) in [6.45, 7) is 4.12. The molecule has 0 aliphatic rings. The van der Waals surface area contributed by atoms with E-state index in [4.69, 9.17) is 0 Å². The van der Waals surface area contributed by atoms with Crippen molar-refractivity contribution in [1.29, 1.82) is 0 Å². The number of amides is 1. The van der Waals surface area contributed by atoms with E-state index < -0.39 is 0 Å². The van der Waals surface area contributed by atoms with E-state index in [2.05, 4.69) is 39.7 Å². The van der Waals surface area contributed by atoms with Crippen molar-refractivity contribution in [2.45, 2.75) is 26.8 Å². The summed E-state index contributed by atoms with van der Waals surface area (Å²) in [5, 5.41) is 5.86.